The molecule has 0 saturated carbocycles. The van der Waals surface area contributed by atoms with E-state index in [0.717, 1.165) is 5.56 Å². The second-order valence-corrected chi connectivity index (χ2v) is 7.09. The molecule has 29 heavy (non-hydrogen) atoms. The lowest BCUT2D eigenvalue weighted by Crippen LogP contribution is -2.35. The number of benzene rings is 1. The Morgan fingerprint density at radius 2 is 2.00 bits per heavy atom. The quantitative estimate of drug-likeness (QED) is 0.424. The molecule has 0 saturated heterocycles. The molecule has 0 fully saturated rings. The first kappa shape index (κ1) is 20.7. The lowest BCUT2D eigenvalue weighted by Gasteiger charge is -2.13. The largest absolute Gasteiger partial charge is 0.461 e. The van der Waals surface area contributed by atoms with Gasteiger partial charge in [-0.1, -0.05) is 42.1 Å². The fraction of sp³-hybridized carbons (Fsp3) is 0.300. The van der Waals surface area contributed by atoms with Gasteiger partial charge >= 0.3 is 5.97 Å². The molecular formula is C20H22N4O4S. The van der Waals surface area contributed by atoms with Gasteiger partial charge in [-0.15, -0.1) is 10.2 Å². The predicted molar refractivity (Wildman–Crippen MR) is 108 cm³/mol. The summed E-state index contributed by atoms with van der Waals surface area (Å²) in [5, 5.41) is 11.6. The summed E-state index contributed by atoms with van der Waals surface area (Å²) in [6.45, 7) is 4.51. The van der Waals surface area contributed by atoms with E-state index < -0.39 is 12.1 Å². The van der Waals surface area contributed by atoms with Crippen LogP contribution in [0.4, 0.5) is 0 Å². The van der Waals surface area contributed by atoms with Gasteiger partial charge in [0.05, 0.1) is 12.0 Å². The van der Waals surface area contributed by atoms with Crippen LogP contribution in [0.2, 0.25) is 0 Å². The van der Waals surface area contributed by atoms with Crippen LogP contribution < -0.4 is 5.32 Å². The van der Waals surface area contributed by atoms with Gasteiger partial charge in [0.25, 0.3) is 5.91 Å². The number of hydrogen-bond acceptors (Lipinski definition) is 7. The molecule has 0 unspecified atom stereocenters. The van der Waals surface area contributed by atoms with Crippen LogP contribution in [0, 0.1) is 0 Å². The maximum Gasteiger partial charge on any atom is 0.317 e. The van der Waals surface area contributed by atoms with E-state index in [4.69, 9.17) is 9.15 Å². The smallest absolute Gasteiger partial charge is 0.317 e. The number of ether oxygens (including phenoxy) is 1. The van der Waals surface area contributed by atoms with E-state index in [0.29, 0.717) is 29.8 Å². The van der Waals surface area contributed by atoms with Crippen LogP contribution in [-0.4, -0.2) is 38.5 Å². The molecule has 9 heteroatoms. The second-order valence-electron chi connectivity index (χ2n) is 6.15. The Morgan fingerprint density at radius 3 is 2.69 bits per heavy atom. The number of thioether (sulfide) groups is 1. The van der Waals surface area contributed by atoms with E-state index in [2.05, 4.69) is 15.5 Å². The number of carbonyl (C=O) groups excluding carboxylic acids is 2. The molecular weight excluding hydrogens is 392 g/mol. The number of esters is 1. The standard InChI is InChI=1S/C20H22N4O4S/c1-3-24-18(16-10-7-11-27-16)22-23-20(24)29-13-17(25)28-14(2)19(26)21-12-15-8-5-4-6-9-15/h4-11,14H,3,12-13H2,1-2H3,(H,21,26)/t14-/m1/s1. The highest BCUT2D eigenvalue weighted by molar-refractivity contribution is 7.99. The number of carbonyl (C=O) groups is 2. The molecule has 0 spiro atoms. The van der Waals surface area contributed by atoms with Crippen molar-refractivity contribution in [2.45, 2.75) is 38.2 Å². The minimum Gasteiger partial charge on any atom is -0.461 e. The molecule has 0 aliphatic carbocycles. The Morgan fingerprint density at radius 1 is 1.21 bits per heavy atom. The third-order valence-corrected chi connectivity index (χ3v) is 5.02. The number of rotatable bonds is 9. The lowest BCUT2D eigenvalue weighted by atomic mass is 10.2. The molecule has 1 amide bonds. The van der Waals surface area contributed by atoms with Gasteiger partial charge in [-0.3, -0.25) is 14.2 Å². The molecule has 1 atom stereocenters. The molecule has 1 N–H and O–H groups in total. The number of aromatic nitrogens is 3. The fourth-order valence-corrected chi connectivity index (χ4v) is 3.39. The van der Waals surface area contributed by atoms with Gasteiger partial charge < -0.3 is 14.5 Å². The van der Waals surface area contributed by atoms with E-state index in [1.54, 1.807) is 25.3 Å². The summed E-state index contributed by atoms with van der Waals surface area (Å²) in [6, 6.07) is 13.1. The van der Waals surface area contributed by atoms with Crippen molar-refractivity contribution in [2.24, 2.45) is 0 Å². The van der Waals surface area contributed by atoms with Crippen LogP contribution in [0.1, 0.15) is 19.4 Å². The van der Waals surface area contributed by atoms with Gasteiger partial charge in [0.15, 0.2) is 22.8 Å². The minimum atomic E-state index is -0.880. The van der Waals surface area contributed by atoms with E-state index in [1.807, 2.05) is 41.8 Å². The van der Waals surface area contributed by atoms with Crippen LogP contribution in [0.15, 0.2) is 58.3 Å². The molecule has 3 rings (SSSR count). The van der Waals surface area contributed by atoms with Gasteiger partial charge in [0, 0.05) is 13.1 Å². The van der Waals surface area contributed by atoms with Gasteiger partial charge in [0.1, 0.15) is 0 Å². The summed E-state index contributed by atoms with van der Waals surface area (Å²) in [5.41, 5.74) is 0.973. The van der Waals surface area contributed by atoms with Crippen LogP contribution in [0.5, 0.6) is 0 Å². The normalized spacial score (nSPS) is 11.8. The first-order chi connectivity index (χ1) is 14.1. The summed E-state index contributed by atoms with van der Waals surface area (Å²) in [4.78, 5) is 24.3. The highest BCUT2D eigenvalue weighted by Gasteiger charge is 2.20. The molecule has 1 aromatic carbocycles. The maximum absolute atomic E-state index is 12.1. The maximum atomic E-state index is 12.1. The van der Waals surface area contributed by atoms with Crippen molar-refractivity contribution in [3.8, 4) is 11.6 Å². The monoisotopic (exact) mass is 414 g/mol. The first-order valence-corrected chi connectivity index (χ1v) is 10.2. The first-order valence-electron chi connectivity index (χ1n) is 9.19. The van der Waals surface area contributed by atoms with Crippen LogP contribution in [0.25, 0.3) is 11.6 Å². The molecule has 0 aliphatic heterocycles. The van der Waals surface area contributed by atoms with Crippen molar-refractivity contribution in [3.05, 3.63) is 54.3 Å². The molecule has 0 aliphatic rings. The average Bonchev–Trinajstić information content (AvgIpc) is 3.40. The van der Waals surface area contributed by atoms with Crippen molar-refractivity contribution < 1.29 is 18.7 Å². The molecule has 3 aromatic rings. The van der Waals surface area contributed by atoms with Crippen LogP contribution >= 0.6 is 11.8 Å². The van der Waals surface area contributed by atoms with Crippen LogP contribution in [0.3, 0.4) is 0 Å². The van der Waals surface area contributed by atoms with E-state index in [9.17, 15) is 9.59 Å². The van der Waals surface area contributed by atoms with Gasteiger partial charge in [0.2, 0.25) is 0 Å². The Bertz CT molecular complexity index is 941. The topological polar surface area (TPSA) is 99.2 Å². The van der Waals surface area contributed by atoms with E-state index >= 15 is 0 Å². The Labute approximate surface area is 172 Å². The molecule has 8 nitrogen and oxygen atoms in total. The summed E-state index contributed by atoms with van der Waals surface area (Å²) < 4.78 is 12.4. The van der Waals surface area contributed by atoms with Crippen molar-refractivity contribution in [2.75, 3.05) is 5.75 Å². The molecule has 0 radical (unpaired) electrons. The molecule has 2 heterocycles. The third kappa shape index (κ3) is 5.47. The molecule has 152 valence electrons. The highest BCUT2D eigenvalue weighted by Crippen LogP contribution is 2.24. The Hall–Kier alpha value is -3.07. The summed E-state index contributed by atoms with van der Waals surface area (Å²) in [5.74, 6) is 0.387. The van der Waals surface area contributed by atoms with E-state index in [-0.39, 0.29) is 11.7 Å². The minimum absolute atomic E-state index is 0.0204. The summed E-state index contributed by atoms with van der Waals surface area (Å²) in [7, 11) is 0. The number of nitrogens with one attached hydrogen (secondary N) is 1. The van der Waals surface area contributed by atoms with Gasteiger partial charge in [-0.2, -0.15) is 0 Å². The lowest BCUT2D eigenvalue weighted by molar-refractivity contribution is -0.152. The average molecular weight is 414 g/mol. The van der Waals surface area contributed by atoms with Crippen molar-refractivity contribution in [3.63, 3.8) is 0 Å². The van der Waals surface area contributed by atoms with Crippen molar-refractivity contribution >= 4 is 23.6 Å². The second kappa shape index (κ2) is 9.92. The number of furan rings is 1. The zero-order valence-corrected chi connectivity index (χ0v) is 17.0. The number of nitrogens with zero attached hydrogens (tertiary/aromatic N) is 3. The van der Waals surface area contributed by atoms with E-state index in [1.165, 1.54) is 11.8 Å². The van der Waals surface area contributed by atoms with Gasteiger partial charge in [-0.25, -0.2) is 0 Å². The Kier molecular flexibility index (Phi) is 7.07. The van der Waals surface area contributed by atoms with Gasteiger partial charge in [-0.05, 0) is 31.5 Å². The zero-order chi connectivity index (χ0) is 20.6. The SMILES string of the molecule is CCn1c(SCC(=O)O[C@H](C)C(=O)NCc2ccccc2)nnc1-c1ccco1. The summed E-state index contributed by atoms with van der Waals surface area (Å²) in [6.07, 6.45) is 0.688. The third-order valence-electron chi connectivity index (χ3n) is 4.08. The van der Waals surface area contributed by atoms with Crippen molar-refractivity contribution in [1.82, 2.24) is 20.1 Å². The molecule has 0 bridgehead atoms. The summed E-state index contributed by atoms with van der Waals surface area (Å²) >= 11 is 1.20. The van der Waals surface area contributed by atoms with Crippen molar-refractivity contribution in [1.29, 1.82) is 0 Å². The number of amides is 1. The zero-order valence-electron chi connectivity index (χ0n) is 16.2. The number of hydrogen-bond donors (Lipinski definition) is 1. The highest BCUT2D eigenvalue weighted by atomic mass is 32.2. The fourth-order valence-electron chi connectivity index (χ4n) is 2.61. The van der Waals surface area contributed by atoms with Crippen LogP contribution in [-0.2, 0) is 27.4 Å². The molecule has 2 aromatic heterocycles. The Balaban J connectivity index is 1.49. The predicted octanol–water partition coefficient (Wildman–Crippen LogP) is 2.90.